The number of benzene rings is 2. The summed E-state index contributed by atoms with van der Waals surface area (Å²) in [6.07, 6.45) is 2.94. The van der Waals surface area contributed by atoms with Crippen molar-refractivity contribution in [2.24, 2.45) is 0 Å². The first kappa shape index (κ1) is 25.1. The number of amides is 1. The molecule has 2 unspecified atom stereocenters. The molecule has 0 saturated carbocycles. The van der Waals surface area contributed by atoms with E-state index in [0.29, 0.717) is 27.7 Å². The lowest BCUT2D eigenvalue weighted by Crippen LogP contribution is -2.32. The molecule has 4 aromatic rings. The molecule has 36 heavy (non-hydrogen) atoms. The molecule has 8 nitrogen and oxygen atoms in total. The number of aromatic nitrogens is 2. The minimum Gasteiger partial charge on any atom is -0.330 e. The van der Waals surface area contributed by atoms with E-state index in [0.717, 1.165) is 11.3 Å². The zero-order valence-electron chi connectivity index (χ0n) is 19.0. The van der Waals surface area contributed by atoms with Gasteiger partial charge in [0.1, 0.15) is 11.5 Å². The van der Waals surface area contributed by atoms with Gasteiger partial charge < -0.3 is 14.8 Å². The predicted octanol–water partition coefficient (Wildman–Crippen LogP) is 4.85. The first-order valence-corrected chi connectivity index (χ1v) is 12.6. The summed E-state index contributed by atoms with van der Waals surface area (Å²) in [5, 5.41) is 11.0. The third-order valence-corrected chi connectivity index (χ3v) is 7.03. The van der Waals surface area contributed by atoms with Gasteiger partial charge in [-0.3, -0.25) is 9.78 Å². The van der Waals surface area contributed by atoms with Crippen LogP contribution in [-0.4, -0.2) is 24.6 Å². The van der Waals surface area contributed by atoms with Gasteiger partial charge in [-0.2, -0.15) is 5.26 Å². The Balaban J connectivity index is 1.66. The second-order valence-corrected chi connectivity index (χ2v) is 9.89. The zero-order chi connectivity index (χ0) is 25.7. The monoisotopic (exact) mass is 521 g/mol. The van der Waals surface area contributed by atoms with Crippen molar-refractivity contribution in [3.63, 3.8) is 0 Å². The van der Waals surface area contributed by atoms with Gasteiger partial charge in [0.25, 0.3) is 5.91 Å². The highest BCUT2D eigenvalue weighted by molar-refractivity contribution is 7.79. The smallest absolute Gasteiger partial charge is 0.272 e. The number of nitrogens with one attached hydrogen (secondary N) is 1. The Morgan fingerprint density at radius 2 is 1.94 bits per heavy atom. The number of carbonyl (C=O) groups is 1. The third-order valence-electron chi connectivity index (χ3n) is 5.24. The van der Waals surface area contributed by atoms with E-state index in [-0.39, 0.29) is 11.5 Å². The molecule has 11 heteroatoms. The van der Waals surface area contributed by atoms with Gasteiger partial charge >= 0.3 is 0 Å². The van der Waals surface area contributed by atoms with Gasteiger partial charge in [-0.1, -0.05) is 18.2 Å². The van der Waals surface area contributed by atoms with E-state index in [4.69, 9.17) is 5.26 Å². The van der Waals surface area contributed by atoms with E-state index in [1.54, 1.807) is 55.5 Å². The molecule has 0 bridgehead atoms. The van der Waals surface area contributed by atoms with E-state index in [2.05, 4.69) is 21.4 Å². The van der Waals surface area contributed by atoms with Crippen LogP contribution in [-0.2, 0) is 17.6 Å². The molecule has 0 aliphatic rings. The Kier molecular flexibility index (Phi) is 7.80. The summed E-state index contributed by atoms with van der Waals surface area (Å²) in [6.45, 7) is 2.07. The minimum atomic E-state index is -2.38. The second-order valence-electron chi connectivity index (χ2n) is 7.69. The Labute approximate surface area is 213 Å². The number of hydrogen-bond donors (Lipinski definition) is 2. The van der Waals surface area contributed by atoms with Gasteiger partial charge in [-0.15, -0.1) is 11.3 Å². The second kappa shape index (κ2) is 11.2. The van der Waals surface area contributed by atoms with Crippen molar-refractivity contribution in [3.8, 4) is 6.07 Å². The summed E-state index contributed by atoms with van der Waals surface area (Å²) < 4.78 is 35.1. The highest BCUT2D eigenvalue weighted by atomic mass is 32.2. The average Bonchev–Trinajstić information content (AvgIpc) is 3.28. The number of anilines is 2. The van der Waals surface area contributed by atoms with Crippen molar-refractivity contribution >= 4 is 39.1 Å². The maximum absolute atomic E-state index is 13.4. The number of aryl methyl sites for hydroxylation is 1. The summed E-state index contributed by atoms with van der Waals surface area (Å²) >= 11 is -1.11. The van der Waals surface area contributed by atoms with Crippen molar-refractivity contribution in [2.75, 3.05) is 4.90 Å². The topological polar surface area (TPSA) is 119 Å². The molecular formula is C25H20FN5O3S2. The fraction of sp³-hybridized carbons (Fsp3) is 0.120. The van der Waals surface area contributed by atoms with Crippen molar-refractivity contribution in [2.45, 2.75) is 18.8 Å². The van der Waals surface area contributed by atoms with Crippen LogP contribution < -0.4 is 10.2 Å². The number of thiazole rings is 1. The number of carbonyl (C=O) groups excluding carboxylic acids is 1. The van der Waals surface area contributed by atoms with Gasteiger partial charge in [-0.05, 0) is 55.0 Å². The largest absolute Gasteiger partial charge is 0.330 e. The SMILES string of the molecule is Cc1sc(N(Cc2ccc(F)cc2)c2ccc(C#N)cc2)nc1C(=O)NC(c1cccnc1)S(=O)O. The molecule has 2 N–H and O–H groups in total. The number of rotatable bonds is 8. The number of pyridine rings is 1. The molecule has 2 heterocycles. The Morgan fingerprint density at radius 3 is 2.56 bits per heavy atom. The van der Waals surface area contributed by atoms with Gasteiger partial charge in [0.2, 0.25) is 0 Å². The Hall–Kier alpha value is -3.98. The number of nitriles is 1. The zero-order valence-corrected chi connectivity index (χ0v) is 20.6. The van der Waals surface area contributed by atoms with E-state index in [9.17, 15) is 17.9 Å². The van der Waals surface area contributed by atoms with Crippen LogP contribution in [0.5, 0.6) is 0 Å². The predicted molar refractivity (Wildman–Crippen MR) is 135 cm³/mol. The average molecular weight is 522 g/mol. The summed E-state index contributed by atoms with van der Waals surface area (Å²) in [4.78, 5) is 24.0. The number of halogens is 1. The maximum Gasteiger partial charge on any atom is 0.272 e. The molecule has 0 aliphatic carbocycles. The van der Waals surface area contributed by atoms with Gasteiger partial charge in [0.15, 0.2) is 21.6 Å². The van der Waals surface area contributed by atoms with Gasteiger partial charge in [-0.25, -0.2) is 13.6 Å². The molecule has 2 aromatic heterocycles. The lowest BCUT2D eigenvalue weighted by Gasteiger charge is -2.22. The first-order valence-electron chi connectivity index (χ1n) is 10.7. The van der Waals surface area contributed by atoms with Crippen molar-refractivity contribution in [3.05, 3.63) is 106 Å². The summed E-state index contributed by atoms with van der Waals surface area (Å²) in [7, 11) is 0. The van der Waals surface area contributed by atoms with Crippen LogP contribution in [0.2, 0.25) is 0 Å². The molecule has 2 atom stereocenters. The molecule has 0 radical (unpaired) electrons. The summed E-state index contributed by atoms with van der Waals surface area (Å²) in [5.41, 5.74) is 2.53. The molecule has 182 valence electrons. The van der Waals surface area contributed by atoms with Crippen LogP contribution in [0.1, 0.15) is 37.4 Å². The Bertz CT molecular complexity index is 1420. The molecule has 0 fully saturated rings. The van der Waals surface area contributed by atoms with Crippen molar-refractivity contribution < 1.29 is 17.9 Å². The quantitative estimate of drug-likeness (QED) is 0.318. The summed E-state index contributed by atoms with van der Waals surface area (Å²) in [5.74, 6) is -0.954. The number of hydrogen-bond acceptors (Lipinski definition) is 7. The van der Waals surface area contributed by atoms with Gasteiger partial charge in [0.05, 0.1) is 18.2 Å². The maximum atomic E-state index is 13.4. The van der Waals surface area contributed by atoms with Crippen LogP contribution >= 0.6 is 11.3 Å². The minimum absolute atomic E-state index is 0.118. The molecule has 4 rings (SSSR count). The molecule has 2 aromatic carbocycles. The number of nitrogens with zero attached hydrogens (tertiary/aromatic N) is 4. The van der Waals surface area contributed by atoms with E-state index in [1.165, 1.54) is 35.9 Å². The van der Waals surface area contributed by atoms with Crippen LogP contribution in [0.15, 0.2) is 73.1 Å². The molecular weight excluding hydrogens is 501 g/mol. The van der Waals surface area contributed by atoms with Crippen LogP contribution in [0.3, 0.4) is 0 Å². The molecule has 0 saturated heterocycles. The lowest BCUT2D eigenvalue weighted by molar-refractivity contribution is 0.0942. The highest BCUT2D eigenvalue weighted by Crippen LogP contribution is 2.33. The lowest BCUT2D eigenvalue weighted by atomic mass is 10.1. The molecule has 0 spiro atoms. The van der Waals surface area contributed by atoms with E-state index < -0.39 is 22.4 Å². The molecule has 1 amide bonds. The van der Waals surface area contributed by atoms with Crippen LogP contribution in [0.25, 0.3) is 0 Å². The van der Waals surface area contributed by atoms with Crippen LogP contribution in [0, 0.1) is 24.1 Å². The van der Waals surface area contributed by atoms with E-state index >= 15 is 0 Å². The van der Waals surface area contributed by atoms with Gasteiger partial charge in [0, 0.05) is 28.5 Å². The van der Waals surface area contributed by atoms with Crippen LogP contribution in [0.4, 0.5) is 15.2 Å². The fourth-order valence-electron chi connectivity index (χ4n) is 3.43. The molecule has 0 aliphatic heterocycles. The first-order chi connectivity index (χ1) is 17.4. The van der Waals surface area contributed by atoms with Crippen molar-refractivity contribution in [1.29, 1.82) is 5.26 Å². The third kappa shape index (κ3) is 5.80. The normalized spacial score (nSPS) is 12.4. The standard InChI is InChI=1S/C25H20FN5O3S2/c1-16-22(23(32)30-24(36(33)34)19-3-2-12-28-14-19)29-25(35-16)31(15-18-4-8-20(26)9-5-18)21-10-6-17(13-27)7-11-21/h2-12,14,24H,15H2,1H3,(H,30,32)(H,33,34). The van der Waals surface area contributed by atoms with E-state index in [1.807, 2.05) is 4.90 Å². The highest BCUT2D eigenvalue weighted by Gasteiger charge is 2.25. The Morgan fingerprint density at radius 1 is 1.22 bits per heavy atom. The summed E-state index contributed by atoms with van der Waals surface area (Å²) in [6, 6.07) is 18.2. The van der Waals surface area contributed by atoms with Crippen molar-refractivity contribution in [1.82, 2.24) is 15.3 Å². The fourth-order valence-corrected chi connectivity index (χ4v) is 4.94.